The van der Waals surface area contributed by atoms with E-state index in [0.29, 0.717) is 0 Å². The first-order chi connectivity index (χ1) is 17.7. The van der Waals surface area contributed by atoms with Gasteiger partial charge in [0, 0.05) is 48.4 Å². The van der Waals surface area contributed by atoms with Gasteiger partial charge in [0.05, 0.1) is 0 Å². The molecule has 36 heavy (non-hydrogen) atoms. The number of nitrogens with zero attached hydrogens (tertiary/aromatic N) is 1. The van der Waals surface area contributed by atoms with E-state index in [4.69, 9.17) is 0 Å². The Morgan fingerprint density at radius 1 is 0.556 bits per heavy atom. The fraction of sp³-hybridized carbons (Fsp3) is 0.394. The van der Waals surface area contributed by atoms with Crippen molar-refractivity contribution in [3.63, 3.8) is 0 Å². The van der Waals surface area contributed by atoms with Gasteiger partial charge < -0.3 is 4.57 Å². The molecule has 0 aliphatic carbocycles. The van der Waals surface area contributed by atoms with E-state index < -0.39 is 0 Å². The number of rotatable bonds is 12. The highest BCUT2D eigenvalue weighted by Gasteiger charge is 2.13. The van der Waals surface area contributed by atoms with Gasteiger partial charge in [-0.1, -0.05) is 64.5 Å². The van der Waals surface area contributed by atoms with Crippen LogP contribution < -0.4 is 0 Å². The van der Waals surface area contributed by atoms with Crippen molar-refractivity contribution in [3.8, 4) is 20.9 Å². The van der Waals surface area contributed by atoms with Gasteiger partial charge >= 0.3 is 0 Å². The van der Waals surface area contributed by atoms with Gasteiger partial charge in [0.15, 0.2) is 0 Å². The molecule has 0 fully saturated rings. The Morgan fingerprint density at radius 2 is 1.03 bits per heavy atom. The zero-order chi connectivity index (χ0) is 24.9. The normalized spacial score (nSPS) is 11.8. The fourth-order valence-corrected chi connectivity index (χ4v) is 7.40. The van der Waals surface area contributed by atoms with Crippen molar-refractivity contribution in [2.45, 2.75) is 78.1 Å². The number of thiophene rings is 2. The molecule has 0 aliphatic rings. The maximum absolute atomic E-state index is 2.42. The molecule has 3 aromatic heterocycles. The third kappa shape index (κ3) is 5.48. The third-order valence-corrected chi connectivity index (χ3v) is 9.84. The first-order valence-electron chi connectivity index (χ1n) is 13.9. The Balaban J connectivity index is 1.42. The molecule has 0 unspecified atom stereocenters. The third-order valence-electron chi connectivity index (χ3n) is 7.45. The van der Waals surface area contributed by atoms with Gasteiger partial charge in [-0.15, -0.1) is 22.7 Å². The molecule has 2 aromatic carbocycles. The lowest BCUT2D eigenvalue weighted by Gasteiger charge is -2.01. The second kappa shape index (κ2) is 11.8. The predicted molar refractivity (Wildman–Crippen MR) is 163 cm³/mol. The predicted octanol–water partition coefficient (Wildman–Crippen LogP) is 11.0. The van der Waals surface area contributed by atoms with Crippen molar-refractivity contribution in [2.75, 3.05) is 0 Å². The van der Waals surface area contributed by atoms with E-state index in [2.05, 4.69) is 86.1 Å². The van der Waals surface area contributed by atoms with Crippen molar-refractivity contribution < 1.29 is 0 Å². The van der Waals surface area contributed by atoms with Crippen LogP contribution >= 0.6 is 22.7 Å². The second-order valence-electron chi connectivity index (χ2n) is 10.2. The minimum atomic E-state index is 1.21. The van der Waals surface area contributed by atoms with Crippen LogP contribution in [0.15, 0.2) is 60.7 Å². The van der Waals surface area contributed by atoms with E-state index in [0.717, 1.165) is 0 Å². The molecule has 0 radical (unpaired) electrons. The van der Waals surface area contributed by atoms with Crippen LogP contribution in [0.4, 0.5) is 0 Å². The molecule has 0 aliphatic heterocycles. The van der Waals surface area contributed by atoms with Gasteiger partial charge in [0.25, 0.3) is 0 Å². The van der Waals surface area contributed by atoms with Crippen LogP contribution in [0.1, 0.15) is 75.0 Å². The Morgan fingerprint density at radius 3 is 1.47 bits per heavy atom. The fourth-order valence-electron chi connectivity index (χ4n) is 5.31. The van der Waals surface area contributed by atoms with Crippen molar-refractivity contribution in [3.05, 3.63) is 70.4 Å². The molecule has 0 saturated heterocycles. The first-order valence-corrected chi connectivity index (χ1v) is 15.5. The number of aromatic nitrogens is 1. The Bertz CT molecular complexity index is 1320. The lowest BCUT2D eigenvalue weighted by molar-refractivity contribution is 0.670. The van der Waals surface area contributed by atoms with Gasteiger partial charge in [-0.05, 0) is 85.3 Å². The SMILES string of the molecule is CCCCCCc1ccc(-c2ccc3c(c2)c2cc(-c4ccc(CCCCCC)s4)ccc2n3C)s1. The summed E-state index contributed by atoms with van der Waals surface area (Å²) in [5.74, 6) is 0. The molecule has 3 heterocycles. The number of hydrogen-bond donors (Lipinski definition) is 0. The highest BCUT2D eigenvalue weighted by atomic mass is 32.1. The lowest BCUT2D eigenvalue weighted by atomic mass is 10.1. The quantitative estimate of drug-likeness (QED) is 0.146. The van der Waals surface area contributed by atoms with Crippen molar-refractivity contribution in [1.82, 2.24) is 4.57 Å². The monoisotopic (exact) mass is 513 g/mol. The minimum Gasteiger partial charge on any atom is -0.344 e. The number of hydrogen-bond acceptors (Lipinski definition) is 2. The number of benzene rings is 2. The topological polar surface area (TPSA) is 4.93 Å². The van der Waals surface area contributed by atoms with E-state index >= 15 is 0 Å². The molecule has 1 nitrogen and oxygen atoms in total. The zero-order valence-corrected chi connectivity index (χ0v) is 23.7. The lowest BCUT2D eigenvalue weighted by Crippen LogP contribution is -1.86. The molecule has 188 valence electrons. The highest BCUT2D eigenvalue weighted by Crippen LogP contribution is 2.38. The maximum Gasteiger partial charge on any atom is 0.0489 e. The molecule has 0 amide bonds. The molecule has 0 spiro atoms. The van der Waals surface area contributed by atoms with Crippen molar-refractivity contribution in [1.29, 1.82) is 0 Å². The van der Waals surface area contributed by atoms with E-state index in [1.54, 1.807) is 0 Å². The van der Waals surface area contributed by atoms with Gasteiger partial charge in [-0.25, -0.2) is 0 Å². The summed E-state index contributed by atoms with van der Waals surface area (Å²) >= 11 is 3.94. The summed E-state index contributed by atoms with van der Waals surface area (Å²) in [6.45, 7) is 4.56. The summed E-state index contributed by atoms with van der Waals surface area (Å²) in [5.41, 5.74) is 5.31. The van der Waals surface area contributed by atoms with Gasteiger partial charge in [0.1, 0.15) is 0 Å². The molecule has 5 rings (SSSR count). The number of aryl methyl sites for hydroxylation is 3. The molecule has 0 atom stereocenters. The standard InChI is InChI=1S/C33H39NS2/c1-4-6-8-10-12-26-16-20-32(35-26)24-14-18-30-28(22-24)29-23-25(15-19-31(29)34(30)3)33-21-17-27(36-33)13-11-9-7-5-2/h14-23H,4-13H2,1-3H3. The molecule has 5 aromatic rings. The van der Waals surface area contributed by atoms with Crippen molar-refractivity contribution >= 4 is 44.5 Å². The maximum atomic E-state index is 2.42. The average Bonchev–Trinajstić information content (AvgIpc) is 3.63. The Labute approximate surface area is 224 Å². The average molecular weight is 514 g/mol. The van der Waals surface area contributed by atoms with Crippen LogP contribution in [0.25, 0.3) is 42.7 Å². The second-order valence-corrected chi connectivity index (χ2v) is 12.5. The van der Waals surface area contributed by atoms with E-state index in [9.17, 15) is 0 Å². The number of unbranched alkanes of at least 4 members (excludes halogenated alkanes) is 6. The molecular weight excluding hydrogens is 475 g/mol. The molecule has 0 saturated carbocycles. The number of fused-ring (bicyclic) bond motifs is 3. The van der Waals surface area contributed by atoms with Gasteiger partial charge in [-0.3, -0.25) is 0 Å². The first kappa shape index (κ1) is 25.3. The summed E-state index contributed by atoms with van der Waals surface area (Å²) in [4.78, 5) is 5.82. The van der Waals surface area contributed by atoms with Crippen LogP contribution in [-0.4, -0.2) is 4.57 Å². The highest BCUT2D eigenvalue weighted by molar-refractivity contribution is 7.15. The zero-order valence-electron chi connectivity index (χ0n) is 22.1. The van der Waals surface area contributed by atoms with Crippen molar-refractivity contribution in [2.24, 2.45) is 7.05 Å². The summed E-state index contributed by atoms with van der Waals surface area (Å²) in [6.07, 6.45) is 13.0. The smallest absolute Gasteiger partial charge is 0.0489 e. The van der Waals surface area contributed by atoms with Gasteiger partial charge in [-0.2, -0.15) is 0 Å². The molecular formula is C33H39NS2. The Kier molecular flexibility index (Phi) is 8.29. The van der Waals surface area contributed by atoms with E-state index in [1.165, 1.54) is 117 Å². The van der Waals surface area contributed by atoms with Crippen LogP contribution in [0.5, 0.6) is 0 Å². The van der Waals surface area contributed by atoms with E-state index in [1.807, 2.05) is 22.7 Å². The van der Waals surface area contributed by atoms with Crippen LogP contribution in [0.2, 0.25) is 0 Å². The summed E-state index contributed by atoms with van der Waals surface area (Å²) in [5, 5.41) is 2.72. The van der Waals surface area contributed by atoms with E-state index in [-0.39, 0.29) is 0 Å². The Hall–Kier alpha value is -2.36. The molecule has 3 heteroatoms. The summed E-state index contributed by atoms with van der Waals surface area (Å²) in [7, 11) is 2.20. The van der Waals surface area contributed by atoms with Crippen LogP contribution in [0.3, 0.4) is 0 Å². The molecule has 0 N–H and O–H groups in total. The van der Waals surface area contributed by atoms with Gasteiger partial charge in [0.2, 0.25) is 0 Å². The summed E-state index contributed by atoms with van der Waals surface area (Å²) in [6, 6.07) is 23.4. The molecule has 0 bridgehead atoms. The summed E-state index contributed by atoms with van der Waals surface area (Å²) < 4.78 is 2.35. The minimum absolute atomic E-state index is 1.21. The van der Waals surface area contributed by atoms with Crippen LogP contribution in [0, 0.1) is 0 Å². The van der Waals surface area contributed by atoms with Crippen LogP contribution in [-0.2, 0) is 19.9 Å². The largest absolute Gasteiger partial charge is 0.344 e.